The summed E-state index contributed by atoms with van der Waals surface area (Å²) in [6, 6.07) is 70.7. The standard InChI is InChI=1S/C62H51N3.C2H6/c1-6-24-53-49-29-12-13-30-50(49)54-33-17-21-37-60(54)63(57(53)8-3)45-40-46(64(58(25-7-2)43(4)5)59-36-20-16-28-48(59)44-26-10-9-11-27-44)42-47(41-45)65-61-38-22-18-34-55(61)51-31-14-15-32-52(51)56-35-19-23-39-62(56)65;1-2/h6-42H,3H2,1-2,4-5H3;1-2H3/b24-6-,25-7-;. The lowest BCUT2D eigenvalue weighted by Gasteiger charge is -2.35. The van der Waals surface area contributed by atoms with E-state index in [9.17, 15) is 0 Å². The molecule has 3 heteroatoms. The van der Waals surface area contributed by atoms with E-state index in [4.69, 9.17) is 0 Å². The lowest BCUT2D eigenvalue weighted by Crippen LogP contribution is -2.21. The van der Waals surface area contributed by atoms with Crippen LogP contribution in [0.1, 0.15) is 47.1 Å². The van der Waals surface area contributed by atoms with Gasteiger partial charge in [0.2, 0.25) is 0 Å². The smallest absolute Gasteiger partial charge is 0.0540 e. The average molecular weight is 868 g/mol. The van der Waals surface area contributed by atoms with Crippen LogP contribution in [0.25, 0.3) is 50.1 Å². The van der Waals surface area contributed by atoms with Crippen molar-refractivity contribution in [3.63, 3.8) is 0 Å². The highest BCUT2D eigenvalue weighted by molar-refractivity contribution is 6.05. The molecule has 0 radical (unpaired) electrons. The molecule has 8 aromatic carbocycles. The second-order valence-electron chi connectivity index (χ2n) is 16.6. The number of para-hydroxylation sites is 4. The van der Waals surface area contributed by atoms with Crippen molar-refractivity contribution in [1.29, 1.82) is 0 Å². The molecule has 3 nitrogen and oxygen atoms in total. The molecule has 0 saturated carbocycles. The van der Waals surface area contributed by atoms with E-state index in [0.29, 0.717) is 0 Å². The van der Waals surface area contributed by atoms with Crippen molar-refractivity contribution < 1.29 is 0 Å². The number of rotatable bonds is 9. The summed E-state index contributed by atoms with van der Waals surface area (Å²) in [6.07, 6.45) is 10.8. The molecule has 67 heavy (non-hydrogen) atoms. The second kappa shape index (κ2) is 19.5. The largest absolute Gasteiger partial charge is 0.310 e. The van der Waals surface area contributed by atoms with Crippen molar-refractivity contribution in [3.05, 3.63) is 254 Å². The highest BCUT2D eigenvalue weighted by Crippen LogP contribution is 2.54. The molecular formula is C64H57N3. The van der Waals surface area contributed by atoms with E-state index in [2.05, 4.69) is 267 Å². The van der Waals surface area contributed by atoms with Crippen LogP contribution in [0.4, 0.5) is 39.8 Å². The van der Waals surface area contributed by atoms with Crippen molar-refractivity contribution in [2.45, 2.75) is 41.5 Å². The van der Waals surface area contributed by atoms with Crippen LogP contribution in [0.2, 0.25) is 0 Å². The summed E-state index contributed by atoms with van der Waals surface area (Å²) in [7, 11) is 0. The zero-order valence-corrected chi connectivity index (χ0v) is 39.4. The van der Waals surface area contributed by atoms with Gasteiger partial charge in [0, 0.05) is 33.5 Å². The summed E-state index contributed by atoms with van der Waals surface area (Å²) >= 11 is 0. The van der Waals surface area contributed by atoms with Crippen LogP contribution in [0.15, 0.2) is 248 Å². The summed E-state index contributed by atoms with van der Waals surface area (Å²) in [6.45, 7) is 17.2. The quantitative estimate of drug-likeness (QED) is 0.134. The summed E-state index contributed by atoms with van der Waals surface area (Å²) in [5, 5.41) is 0. The topological polar surface area (TPSA) is 9.72 Å². The Hall–Kier alpha value is -8.14. The van der Waals surface area contributed by atoms with Crippen LogP contribution in [0.3, 0.4) is 0 Å². The molecule has 0 spiro atoms. The normalized spacial score (nSPS) is 12.4. The van der Waals surface area contributed by atoms with Gasteiger partial charge in [-0.3, -0.25) is 0 Å². The number of hydrogen-bond donors (Lipinski definition) is 0. The molecule has 2 aliphatic heterocycles. The molecule has 0 aromatic heterocycles. The number of nitrogens with zero attached hydrogens (tertiary/aromatic N) is 3. The molecule has 2 heterocycles. The minimum Gasteiger partial charge on any atom is -0.310 e. The Labute approximate surface area is 397 Å². The zero-order chi connectivity index (χ0) is 46.4. The molecule has 8 aromatic rings. The van der Waals surface area contributed by atoms with Gasteiger partial charge in [0.25, 0.3) is 0 Å². The number of fused-ring (bicyclic) bond motifs is 8. The molecule has 0 aliphatic carbocycles. The van der Waals surface area contributed by atoms with Crippen LogP contribution in [-0.4, -0.2) is 0 Å². The van der Waals surface area contributed by atoms with E-state index in [1.807, 2.05) is 19.9 Å². The molecule has 0 saturated heterocycles. The first kappa shape index (κ1) is 44.1. The minimum atomic E-state index is 1.000. The van der Waals surface area contributed by atoms with Crippen LogP contribution < -0.4 is 14.7 Å². The van der Waals surface area contributed by atoms with Gasteiger partial charge in [-0.15, -0.1) is 0 Å². The Bertz CT molecular complexity index is 3160. The van der Waals surface area contributed by atoms with Crippen LogP contribution in [0.5, 0.6) is 0 Å². The first-order valence-electron chi connectivity index (χ1n) is 23.5. The molecule has 0 fully saturated rings. The van der Waals surface area contributed by atoms with Gasteiger partial charge in [-0.05, 0) is 110 Å². The minimum absolute atomic E-state index is 1.000. The van der Waals surface area contributed by atoms with E-state index >= 15 is 0 Å². The second-order valence-corrected chi connectivity index (χ2v) is 16.6. The molecule has 0 amide bonds. The predicted molar refractivity (Wildman–Crippen MR) is 290 cm³/mol. The number of benzene rings is 8. The summed E-state index contributed by atoms with van der Waals surface area (Å²) in [5.74, 6) is 0. The highest BCUT2D eigenvalue weighted by Gasteiger charge is 2.31. The summed E-state index contributed by atoms with van der Waals surface area (Å²) in [5.41, 5.74) is 22.4. The summed E-state index contributed by atoms with van der Waals surface area (Å²) < 4.78 is 0. The first-order chi connectivity index (χ1) is 33.0. The Morgan fingerprint density at radius 1 is 0.463 bits per heavy atom. The maximum absolute atomic E-state index is 4.54. The van der Waals surface area contributed by atoms with Crippen LogP contribution in [0, 0.1) is 0 Å². The monoisotopic (exact) mass is 867 g/mol. The first-order valence-corrected chi connectivity index (χ1v) is 23.5. The molecule has 0 unspecified atom stereocenters. The average Bonchev–Trinajstić information content (AvgIpc) is 3.59. The number of allylic oxidation sites excluding steroid dienone is 7. The van der Waals surface area contributed by atoms with Crippen molar-refractivity contribution in [2.75, 3.05) is 14.7 Å². The van der Waals surface area contributed by atoms with Gasteiger partial charge in [0.1, 0.15) is 0 Å². The van der Waals surface area contributed by atoms with Gasteiger partial charge < -0.3 is 14.7 Å². The van der Waals surface area contributed by atoms with E-state index in [1.54, 1.807) is 0 Å². The molecule has 0 bridgehead atoms. The Balaban J connectivity index is 0.00000278. The third kappa shape index (κ3) is 8.04. The van der Waals surface area contributed by atoms with E-state index in [1.165, 1.54) is 39.0 Å². The highest BCUT2D eigenvalue weighted by atomic mass is 15.2. The Morgan fingerprint density at radius 2 is 0.896 bits per heavy atom. The fourth-order valence-electron chi connectivity index (χ4n) is 9.74. The van der Waals surface area contributed by atoms with Gasteiger partial charge in [-0.2, -0.15) is 0 Å². The van der Waals surface area contributed by atoms with E-state index in [-0.39, 0.29) is 0 Å². The zero-order valence-electron chi connectivity index (χ0n) is 39.4. The lowest BCUT2D eigenvalue weighted by molar-refractivity contribution is 1.14. The van der Waals surface area contributed by atoms with Gasteiger partial charge in [0.05, 0.1) is 45.5 Å². The fraction of sp³-hybridized carbons (Fsp3) is 0.0938. The third-order valence-corrected chi connectivity index (χ3v) is 12.5. The molecule has 2 aliphatic rings. The summed E-state index contributed by atoms with van der Waals surface area (Å²) in [4.78, 5) is 7.35. The predicted octanol–water partition coefficient (Wildman–Crippen LogP) is 18.8. The lowest BCUT2D eigenvalue weighted by atomic mass is 9.94. The molecular weight excluding hydrogens is 811 g/mol. The van der Waals surface area contributed by atoms with Gasteiger partial charge in [0.15, 0.2) is 0 Å². The molecule has 10 rings (SSSR count). The molecule has 0 atom stereocenters. The van der Waals surface area contributed by atoms with Gasteiger partial charge in [-0.1, -0.05) is 196 Å². The maximum atomic E-state index is 4.54. The van der Waals surface area contributed by atoms with Crippen molar-refractivity contribution in [1.82, 2.24) is 0 Å². The Morgan fingerprint density at radius 3 is 1.40 bits per heavy atom. The van der Waals surface area contributed by atoms with Crippen LogP contribution in [-0.2, 0) is 0 Å². The van der Waals surface area contributed by atoms with Crippen molar-refractivity contribution in [3.8, 4) is 44.5 Å². The van der Waals surface area contributed by atoms with Gasteiger partial charge >= 0.3 is 0 Å². The maximum Gasteiger partial charge on any atom is 0.0540 e. The van der Waals surface area contributed by atoms with Crippen molar-refractivity contribution >= 4 is 45.4 Å². The molecule has 328 valence electrons. The number of anilines is 7. The van der Waals surface area contributed by atoms with Gasteiger partial charge in [-0.25, -0.2) is 0 Å². The van der Waals surface area contributed by atoms with Crippen molar-refractivity contribution in [2.24, 2.45) is 0 Å². The van der Waals surface area contributed by atoms with Crippen LogP contribution >= 0.6 is 0 Å². The van der Waals surface area contributed by atoms with E-state index < -0.39 is 0 Å². The SMILES string of the molecule is C=CC1=C(/C=C\C)c2ccccc2-c2ccccc2N1c1cc(N(C(/C=C\C)=C(C)C)c2ccccc2-c2ccccc2)cc(N2c3ccccc3-c3ccccc3-c3ccccc32)c1.CC. The third-order valence-electron chi connectivity index (χ3n) is 12.5. The Kier molecular flexibility index (Phi) is 12.9. The number of hydrogen-bond acceptors (Lipinski definition) is 3. The fourth-order valence-corrected chi connectivity index (χ4v) is 9.74. The molecule has 0 N–H and O–H groups in total. The van der Waals surface area contributed by atoms with E-state index in [0.717, 1.165) is 73.5 Å².